The lowest BCUT2D eigenvalue weighted by Crippen LogP contribution is -2.65. The Labute approximate surface area is 531 Å². The third-order valence-electron chi connectivity index (χ3n) is 24.2. The molecule has 5 aromatic carbocycles. The lowest BCUT2D eigenvalue weighted by molar-refractivity contribution is -0.221. The number of aliphatic hydroxyl groups excluding tert-OH is 4. The number of esters is 2. The summed E-state index contributed by atoms with van der Waals surface area (Å²) in [6.45, 7) is -0.283. The Morgan fingerprint density at radius 3 is 2.37 bits per heavy atom. The summed E-state index contributed by atoms with van der Waals surface area (Å²) in [6, 6.07) is 35.0. The molecular formula is C79H80O12. The Morgan fingerprint density at radius 2 is 1.54 bits per heavy atom. The summed E-state index contributed by atoms with van der Waals surface area (Å²) < 4.78 is 34.4. The minimum Gasteiger partial charge on any atom is -0.482 e. The third kappa shape index (κ3) is 9.03. The van der Waals surface area contributed by atoms with Gasteiger partial charge in [-0.2, -0.15) is 0 Å². The summed E-state index contributed by atoms with van der Waals surface area (Å²) >= 11 is 0. The molecule has 14 atom stereocenters. The molecule has 0 amide bonds. The van der Waals surface area contributed by atoms with Crippen molar-refractivity contribution in [2.45, 2.75) is 150 Å². The van der Waals surface area contributed by atoms with Crippen LogP contribution in [-0.4, -0.2) is 70.7 Å². The first-order valence-corrected chi connectivity index (χ1v) is 33.6. The van der Waals surface area contributed by atoms with E-state index >= 15 is 9.59 Å². The number of carbonyl (C=O) groups is 2. The molecule has 10 aliphatic rings. The van der Waals surface area contributed by atoms with Crippen LogP contribution in [0.2, 0.25) is 0 Å². The van der Waals surface area contributed by atoms with E-state index < -0.39 is 60.1 Å². The number of allylic oxidation sites excluding steroid dienone is 5. The molecule has 16 rings (SSSR count). The maximum atomic E-state index is 16.2. The Balaban J connectivity index is 0.902. The molecule has 4 heterocycles. The maximum Gasteiger partial charge on any atom is 0.340 e. The molecule has 468 valence electrons. The van der Waals surface area contributed by atoms with Gasteiger partial charge in [0.25, 0.3) is 0 Å². The Kier molecular flexibility index (Phi) is 14.8. The fraction of sp³-hybridized carbons (Fsp3) is 0.430. The first kappa shape index (κ1) is 58.6. The molecule has 3 saturated carbocycles. The Hall–Kier alpha value is -7.45. The standard InChI is InChI=1S/C79H80O12/c1-45(41-81)56-25-20-46-17-18-50-37-49(46)31-35-77-33-8-34-78(68(77)40-62-58-13-4-2-9-47(58)22-29-65(62)77)74(90-75(56)85)73(71-67(91-78)30-28-61-63(42-82)70(76(86)89-72(61)71)52(32-36-80)43-87-44-83)88-69(84)39-53-38-51(21-26-57(50)53)59-14-7-16-66-60(59)27-24-55-12-6-11-54-23-19-48-10-3-5-15-64(48)79(54,55)66/h2-5,7,9-10,13-19,21-24,26-30,37,51-55,57,62,65,68,73-74,80-83H,6,8,11-12,20,25,31-36,38-44H2,1H3. The average molecular weight is 1220 g/mol. The number of carbonyl (C=O) groups excluding carboxylic acids is 2. The van der Waals surface area contributed by atoms with Crippen molar-refractivity contribution in [2.24, 2.45) is 35.0 Å². The quantitative estimate of drug-likeness (QED) is 0.0354. The highest BCUT2D eigenvalue weighted by molar-refractivity contribution is 5.91. The monoisotopic (exact) mass is 1220 g/mol. The van der Waals surface area contributed by atoms with Gasteiger partial charge in [-0.3, -0.25) is 4.79 Å². The molecule has 0 radical (unpaired) electrons. The third-order valence-corrected chi connectivity index (χ3v) is 24.2. The van der Waals surface area contributed by atoms with Gasteiger partial charge in [-0.05, 0) is 198 Å². The molecule has 2 spiro atoms. The summed E-state index contributed by atoms with van der Waals surface area (Å²) in [4.78, 5) is 46.9. The van der Waals surface area contributed by atoms with Crippen molar-refractivity contribution in [1.29, 1.82) is 0 Å². The highest BCUT2D eigenvalue weighted by atomic mass is 16.6. The van der Waals surface area contributed by atoms with Gasteiger partial charge in [0, 0.05) is 58.6 Å². The lowest BCUT2D eigenvalue weighted by atomic mass is 9.49. The minimum absolute atomic E-state index is 0.00236. The van der Waals surface area contributed by atoms with Crippen LogP contribution in [0, 0.1) is 35.0 Å². The van der Waals surface area contributed by atoms with E-state index in [1.807, 2.05) is 6.07 Å². The number of ether oxygens (including phenoxy) is 4. The van der Waals surface area contributed by atoms with Crippen LogP contribution in [0.4, 0.5) is 0 Å². The first-order valence-electron chi connectivity index (χ1n) is 33.6. The van der Waals surface area contributed by atoms with Gasteiger partial charge in [0.05, 0.1) is 25.4 Å². The van der Waals surface area contributed by atoms with Gasteiger partial charge < -0.3 is 43.8 Å². The molecule has 3 aliphatic heterocycles. The van der Waals surface area contributed by atoms with Crippen LogP contribution >= 0.6 is 0 Å². The molecule has 12 nitrogen and oxygen atoms in total. The predicted octanol–water partition coefficient (Wildman–Crippen LogP) is 13.5. The van der Waals surface area contributed by atoms with Crippen molar-refractivity contribution in [2.75, 3.05) is 26.6 Å². The number of hydrogen-bond donors (Lipinski definition) is 4. The second-order valence-electron chi connectivity index (χ2n) is 28.1. The molecule has 4 N–H and O–H groups in total. The van der Waals surface area contributed by atoms with E-state index in [0.717, 1.165) is 43.2 Å². The fourth-order valence-electron chi connectivity index (χ4n) is 20.4. The van der Waals surface area contributed by atoms with Gasteiger partial charge in [-0.25, -0.2) is 9.59 Å². The molecule has 0 saturated heterocycles. The summed E-state index contributed by atoms with van der Waals surface area (Å²) in [5, 5.41) is 42.8. The SMILES string of the molecule is CC(CO)=C1CCc2ccc3cc2CCC24CCCC5(Oc6ccc7c(CO)c(C(CCO)COCO)c(=O)oc7c6C(OC(=O)CC6CC(c7cccc8c7C=CC7CCCC9C=Cc%10ccccc%10C897)C=CC36)C5OC1=O)C2CC1c2ccccc2C=CC14. The molecule has 6 aromatic rings. The van der Waals surface area contributed by atoms with E-state index in [2.05, 4.69) is 134 Å². The van der Waals surface area contributed by atoms with Crippen LogP contribution in [0.1, 0.15) is 186 Å². The number of hydrogen-bond acceptors (Lipinski definition) is 12. The number of rotatable bonds is 9. The van der Waals surface area contributed by atoms with Gasteiger partial charge in [0.1, 0.15) is 18.1 Å². The van der Waals surface area contributed by atoms with Gasteiger partial charge >= 0.3 is 17.6 Å². The van der Waals surface area contributed by atoms with Crippen molar-refractivity contribution >= 4 is 41.1 Å². The van der Waals surface area contributed by atoms with Crippen LogP contribution in [0.25, 0.3) is 29.2 Å². The predicted molar refractivity (Wildman–Crippen MR) is 347 cm³/mol. The molecule has 12 heteroatoms. The molecule has 14 unspecified atom stereocenters. The number of fused-ring (bicyclic) bond motifs is 13. The molecular weight excluding hydrogens is 1140 g/mol. The van der Waals surface area contributed by atoms with Crippen LogP contribution in [0.5, 0.6) is 5.75 Å². The summed E-state index contributed by atoms with van der Waals surface area (Å²) in [7, 11) is 0. The largest absolute Gasteiger partial charge is 0.482 e. The van der Waals surface area contributed by atoms with Crippen LogP contribution < -0.4 is 10.4 Å². The zero-order chi connectivity index (χ0) is 61.9. The molecule has 91 heavy (non-hydrogen) atoms. The summed E-state index contributed by atoms with van der Waals surface area (Å²) in [6.07, 6.45) is 25.8. The van der Waals surface area contributed by atoms with E-state index in [9.17, 15) is 25.2 Å². The van der Waals surface area contributed by atoms with Gasteiger partial charge in [0.2, 0.25) is 0 Å². The topological polar surface area (TPSA) is 182 Å². The first-order chi connectivity index (χ1) is 44.5. The fourth-order valence-corrected chi connectivity index (χ4v) is 20.4. The lowest BCUT2D eigenvalue weighted by Gasteiger charge is -2.58. The van der Waals surface area contributed by atoms with E-state index in [-0.39, 0.29) is 102 Å². The van der Waals surface area contributed by atoms with Crippen LogP contribution in [0.3, 0.4) is 0 Å². The molecule has 7 aliphatic carbocycles. The summed E-state index contributed by atoms with van der Waals surface area (Å²) in [5.41, 5.74) is 11.2. The number of aliphatic hydroxyl groups is 4. The van der Waals surface area contributed by atoms with E-state index in [1.54, 1.807) is 13.0 Å². The maximum absolute atomic E-state index is 16.2. The highest BCUT2D eigenvalue weighted by Crippen LogP contribution is 2.71. The van der Waals surface area contributed by atoms with Gasteiger partial charge in [-0.1, -0.05) is 140 Å². The second kappa shape index (κ2) is 23.0. The molecule has 1 aromatic heterocycles. The van der Waals surface area contributed by atoms with Crippen molar-refractivity contribution in [1.82, 2.24) is 0 Å². The normalized spacial score (nSPS) is 32.1. The van der Waals surface area contributed by atoms with Crippen LogP contribution in [-0.2, 0) is 48.7 Å². The van der Waals surface area contributed by atoms with Crippen molar-refractivity contribution < 1.29 is 53.4 Å². The smallest absolute Gasteiger partial charge is 0.340 e. The molecule has 3 fully saturated rings. The van der Waals surface area contributed by atoms with Gasteiger partial charge in [0.15, 0.2) is 17.8 Å². The van der Waals surface area contributed by atoms with Gasteiger partial charge in [-0.15, -0.1) is 0 Å². The second-order valence-corrected chi connectivity index (χ2v) is 28.1. The molecule has 6 bridgehead atoms. The number of aryl methyl sites for hydroxylation is 2. The Bertz CT molecular complexity index is 4160. The minimum atomic E-state index is -1.39. The van der Waals surface area contributed by atoms with Crippen LogP contribution in [0.15, 0.2) is 148 Å². The van der Waals surface area contributed by atoms with E-state index in [1.165, 1.54) is 50.9 Å². The summed E-state index contributed by atoms with van der Waals surface area (Å²) in [5.74, 6) is -1.41. The highest BCUT2D eigenvalue weighted by Gasteiger charge is 2.70. The average Bonchev–Trinajstić information content (AvgIpc) is 1.68. The van der Waals surface area contributed by atoms with E-state index in [4.69, 9.17) is 23.4 Å². The Morgan fingerprint density at radius 1 is 0.736 bits per heavy atom. The van der Waals surface area contributed by atoms with E-state index in [0.29, 0.717) is 66.2 Å². The zero-order valence-corrected chi connectivity index (χ0v) is 51.7. The number of benzene rings is 5. The zero-order valence-electron chi connectivity index (χ0n) is 51.7. The van der Waals surface area contributed by atoms with Crippen molar-refractivity contribution in [3.63, 3.8) is 0 Å². The van der Waals surface area contributed by atoms with Crippen molar-refractivity contribution in [3.8, 4) is 5.75 Å². The van der Waals surface area contributed by atoms with Crippen molar-refractivity contribution in [3.05, 3.63) is 221 Å².